The van der Waals surface area contributed by atoms with E-state index in [0.717, 1.165) is 12.2 Å². The third-order valence-corrected chi connectivity index (χ3v) is 3.55. The maximum Gasteiger partial charge on any atom is 0.119 e. The summed E-state index contributed by atoms with van der Waals surface area (Å²) in [7, 11) is 1.97. The molecule has 0 fully saturated rings. The minimum atomic E-state index is 0.210. The largest absolute Gasteiger partial charge is 0.492 e. The second-order valence-electron chi connectivity index (χ2n) is 5.06. The van der Waals surface area contributed by atoms with Crippen LogP contribution in [0.2, 0.25) is 0 Å². The first kappa shape index (κ1) is 14.6. The molecule has 0 heterocycles. The molecule has 1 unspecified atom stereocenters. The van der Waals surface area contributed by atoms with Crippen LogP contribution >= 0.6 is 0 Å². The standard InChI is InChI=1S/C18H23NO/c1-4-15-8-10-16(11-9-15)18(19-3)13-20-17-7-5-6-14(2)12-17/h5-12,18-19H,4,13H2,1-3H3. The number of nitrogens with one attached hydrogen (secondary N) is 1. The summed E-state index contributed by atoms with van der Waals surface area (Å²) < 4.78 is 5.89. The van der Waals surface area contributed by atoms with E-state index >= 15 is 0 Å². The minimum absolute atomic E-state index is 0.210. The first-order chi connectivity index (χ1) is 9.72. The highest BCUT2D eigenvalue weighted by molar-refractivity contribution is 5.28. The molecule has 2 nitrogen and oxygen atoms in total. The summed E-state index contributed by atoms with van der Waals surface area (Å²) in [6.07, 6.45) is 1.07. The zero-order valence-electron chi connectivity index (χ0n) is 12.5. The predicted octanol–water partition coefficient (Wildman–Crippen LogP) is 3.90. The van der Waals surface area contributed by atoms with Gasteiger partial charge in [0.1, 0.15) is 12.4 Å². The SMILES string of the molecule is CCc1ccc(C(COc2cccc(C)c2)NC)cc1. The van der Waals surface area contributed by atoms with E-state index in [1.807, 2.05) is 19.2 Å². The number of hydrogen-bond acceptors (Lipinski definition) is 2. The molecule has 0 aliphatic heterocycles. The third kappa shape index (κ3) is 3.84. The Morgan fingerprint density at radius 3 is 2.45 bits per heavy atom. The summed E-state index contributed by atoms with van der Waals surface area (Å²) in [5, 5.41) is 3.32. The Balaban J connectivity index is 2.01. The van der Waals surface area contributed by atoms with E-state index in [4.69, 9.17) is 4.74 Å². The second kappa shape index (κ2) is 7.11. The predicted molar refractivity (Wildman–Crippen MR) is 84.3 cm³/mol. The number of hydrogen-bond donors (Lipinski definition) is 1. The molecule has 1 N–H and O–H groups in total. The maximum atomic E-state index is 5.89. The van der Waals surface area contributed by atoms with Gasteiger partial charge in [0.25, 0.3) is 0 Å². The first-order valence-electron chi connectivity index (χ1n) is 7.18. The minimum Gasteiger partial charge on any atom is -0.492 e. The van der Waals surface area contributed by atoms with E-state index in [9.17, 15) is 0 Å². The second-order valence-corrected chi connectivity index (χ2v) is 5.06. The molecule has 0 bridgehead atoms. The molecule has 0 spiro atoms. The van der Waals surface area contributed by atoms with Gasteiger partial charge in [-0.2, -0.15) is 0 Å². The Morgan fingerprint density at radius 1 is 1.10 bits per heavy atom. The average molecular weight is 269 g/mol. The third-order valence-electron chi connectivity index (χ3n) is 3.55. The normalized spacial score (nSPS) is 12.2. The van der Waals surface area contributed by atoms with Crippen molar-refractivity contribution in [3.63, 3.8) is 0 Å². The lowest BCUT2D eigenvalue weighted by molar-refractivity contribution is 0.273. The summed E-state index contributed by atoms with van der Waals surface area (Å²) >= 11 is 0. The van der Waals surface area contributed by atoms with Crippen LogP contribution in [0.5, 0.6) is 5.75 Å². The molecular formula is C18H23NO. The van der Waals surface area contributed by atoms with Crippen molar-refractivity contribution in [2.45, 2.75) is 26.3 Å². The Morgan fingerprint density at radius 2 is 1.85 bits per heavy atom. The highest BCUT2D eigenvalue weighted by Crippen LogP contribution is 2.18. The highest BCUT2D eigenvalue weighted by Gasteiger charge is 2.10. The molecule has 2 rings (SSSR count). The van der Waals surface area contributed by atoms with Crippen molar-refractivity contribution in [2.75, 3.05) is 13.7 Å². The Kier molecular flexibility index (Phi) is 5.19. The van der Waals surface area contributed by atoms with Crippen LogP contribution in [0, 0.1) is 6.92 Å². The molecule has 1 atom stereocenters. The van der Waals surface area contributed by atoms with E-state index in [-0.39, 0.29) is 6.04 Å². The fraction of sp³-hybridized carbons (Fsp3) is 0.333. The summed E-state index contributed by atoms with van der Waals surface area (Å²) in [5.74, 6) is 0.926. The Hall–Kier alpha value is -1.80. The van der Waals surface area contributed by atoms with Crippen LogP contribution < -0.4 is 10.1 Å². The monoisotopic (exact) mass is 269 g/mol. The average Bonchev–Trinajstić information content (AvgIpc) is 2.48. The van der Waals surface area contributed by atoms with E-state index in [0.29, 0.717) is 6.61 Å². The van der Waals surface area contributed by atoms with Crippen molar-refractivity contribution < 1.29 is 4.74 Å². The summed E-state index contributed by atoms with van der Waals surface area (Å²) in [6.45, 7) is 4.88. The summed E-state index contributed by atoms with van der Waals surface area (Å²) in [6, 6.07) is 17.1. The van der Waals surface area contributed by atoms with Crippen LogP contribution in [0.1, 0.15) is 29.7 Å². The molecule has 2 heteroatoms. The van der Waals surface area contributed by atoms with Gasteiger partial charge in [0.15, 0.2) is 0 Å². The van der Waals surface area contributed by atoms with Crippen molar-refractivity contribution >= 4 is 0 Å². The van der Waals surface area contributed by atoms with Crippen LogP contribution in [0.25, 0.3) is 0 Å². The van der Waals surface area contributed by atoms with E-state index in [1.165, 1.54) is 16.7 Å². The first-order valence-corrected chi connectivity index (χ1v) is 7.18. The zero-order chi connectivity index (χ0) is 14.4. The maximum absolute atomic E-state index is 5.89. The van der Waals surface area contributed by atoms with Crippen LogP contribution in [0.15, 0.2) is 48.5 Å². The number of aryl methyl sites for hydroxylation is 2. The number of benzene rings is 2. The van der Waals surface area contributed by atoms with Gasteiger partial charge in [-0.3, -0.25) is 0 Å². The quantitative estimate of drug-likeness (QED) is 0.859. The van der Waals surface area contributed by atoms with Crippen molar-refractivity contribution in [2.24, 2.45) is 0 Å². The van der Waals surface area contributed by atoms with Gasteiger partial charge in [0.05, 0.1) is 6.04 Å². The molecule has 106 valence electrons. The molecule has 0 aromatic heterocycles. The van der Waals surface area contributed by atoms with Crippen molar-refractivity contribution in [1.29, 1.82) is 0 Å². The molecule has 0 radical (unpaired) electrons. The smallest absolute Gasteiger partial charge is 0.119 e. The fourth-order valence-electron chi connectivity index (χ4n) is 2.22. The van der Waals surface area contributed by atoms with Crippen molar-refractivity contribution in [3.05, 3.63) is 65.2 Å². The van der Waals surface area contributed by atoms with Crippen LogP contribution in [0.3, 0.4) is 0 Å². The Labute approximate surface area is 121 Å². The number of rotatable bonds is 6. The highest BCUT2D eigenvalue weighted by atomic mass is 16.5. The molecule has 0 aliphatic rings. The molecule has 0 saturated heterocycles. The molecule has 20 heavy (non-hydrogen) atoms. The molecule has 0 amide bonds. The summed E-state index contributed by atoms with van der Waals surface area (Å²) in [5.41, 5.74) is 3.84. The van der Waals surface area contributed by atoms with E-state index < -0.39 is 0 Å². The van der Waals surface area contributed by atoms with Crippen LogP contribution in [-0.4, -0.2) is 13.7 Å². The van der Waals surface area contributed by atoms with E-state index in [1.54, 1.807) is 0 Å². The van der Waals surface area contributed by atoms with Crippen molar-refractivity contribution in [3.8, 4) is 5.75 Å². The van der Waals surface area contributed by atoms with Crippen LogP contribution in [0.4, 0.5) is 0 Å². The molecule has 2 aromatic rings. The van der Waals surface area contributed by atoms with Gasteiger partial charge < -0.3 is 10.1 Å². The zero-order valence-corrected chi connectivity index (χ0v) is 12.5. The topological polar surface area (TPSA) is 21.3 Å². The van der Waals surface area contributed by atoms with Crippen LogP contribution in [-0.2, 0) is 6.42 Å². The van der Waals surface area contributed by atoms with Gasteiger partial charge in [0, 0.05) is 0 Å². The lowest BCUT2D eigenvalue weighted by atomic mass is 10.0. The Bertz CT molecular complexity index is 533. The van der Waals surface area contributed by atoms with Gasteiger partial charge in [0.2, 0.25) is 0 Å². The van der Waals surface area contributed by atoms with Gasteiger partial charge in [-0.15, -0.1) is 0 Å². The molecule has 0 saturated carbocycles. The number of ether oxygens (including phenoxy) is 1. The molecular weight excluding hydrogens is 246 g/mol. The van der Waals surface area contributed by atoms with Gasteiger partial charge in [-0.25, -0.2) is 0 Å². The fourth-order valence-corrected chi connectivity index (χ4v) is 2.22. The van der Waals surface area contributed by atoms with E-state index in [2.05, 4.69) is 55.6 Å². The summed E-state index contributed by atoms with van der Waals surface area (Å²) in [4.78, 5) is 0. The van der Waals surface area contributed by atoms with Gasteiger partial charge in [-0.1, -0.05) is 43.3 Å². The van der Waals surface area contributed by atoms with Gasteiger partial charge in [-0.05, 0) is 49.2 Å². The lowest BCUT2D eigenvalue weighted by Gasteiger charge is -2.18. The molecule has 2 aromatic carbocycles. The number of likely N-dealkylation sites (N-methyl/N-ethyl adjacent to an activating group) is 1. The van der Waals surface area contributed by atoms with Gasteiger partial charge >= 0.3 is 0 Å². The lowest BCUT2D eigenvalue weighted by Crippen LogP contribution is -2.23. The molecule has 0 aliphatic carbocycles. The van der Waals surface area contributed by atoms with Crippen molar-refractivity contribution in [1.82, 2.24) is 5.32 Å².